The molecule has 0 aromatic heterocycles. The number of benzene rings is 12. The first-order chi connectivity index (χ1) is 41.3. The van der Waals surface area contributed by atoms with E-state index in [-0.39, 0.29) is 0 Å². The highest BCUT2D eigenvalue weighted by atomic mass is 15.4. The first-order valence-corrected chi connectivity index (χ1v) is 29.8. The summed E-state index contributed by atoms with van der Waals surface area (Å²) in [5.41, 5.74) is 32.0. The molecule has 412 valence electrons. The Morgan fingerprint density at radius 2 is 0.482 bits per heavy atom. The van der Waals surface area contributed by atoms with Gasteiger partial charge in [-0.1, -0.05) is 160 Å². The van der Waals surface area contributed by atoms with Crippen molar-refractivity contribution in [3.8, 4) is 22.3 Å². The molecule has 1 N–H and O–H groups in total. The van der Waals surface area contributed by atoms with Crippen LogP contribution in [0.5, 0.6) is 0 Å². The lowest BCUT2D eigenvalue weighted by Crippen LogP contribution is -2.34. The minimum Gasteiger partial charge on any atom is -0.356 e. The van der Waals surface area contributed by atoms with Crippen LogP contribution >= 0.6 is 0 Å². The molecule has 0 saturated carbocycles. The Morgan fingerprint density at radius 1 is 0.235 bits per heavy atom. The van der Waals surface area contributed by atoms with Gasteiger partial charge in [-0.2, -0.15) is 4.48 Å². The van der Waals surface area contributed by atoms with Gasteiger partial charge in [0.05, 0.1) is 5.41 Å². The Hall–Kier alpha value is -10.0. The molecule has 0 saturated heterocycles. The molecule has 1 spiro atoms. The molecule has 4 nitrogen and oxygen atoms in total. The third-order valence-corrected chi connectivity index (χ3v) is 17.9. The Bertz CT molecular complexity index is 4150. The zero-order valence-electron chi connectivity index (χ0n) is 49.7. The number of anilines is 8. The molecule has 0 fully saturated rings. The molecule has 12 aromatic carbocycles. The summed E-state index contributed by atoms with van der Waals surface area (Å²) in [6.07, 6.45) is 0. The number of hydrogen-bond donors (Lipinski definition) is 1. The molecule has 4 heteroatoms. The molecule has 12 aromatic rings. The fourth-order valence-corrected chi connectivity index (χ4v) is 13.4. The summed E-state index contributed by atoms with van der Waals surface area (Å²) in [4.78, 5) is 4.88. The number of aryl methyl sites for hydroxylation is 8. The van der Waals surface area contributed by atoms with Gasteiger partial charge in [-0.3, -0.25) is 0 Å². The maximum Gasteiger partial charge on any atom is 0.148 e. The number of fused-ring (bicyclic) bond motifs is 10. The topological polar surface area (TPSA) is 18.5 Å². The fraction of sp³-hybridized carbons (Fsp3) is 0.111. The number of nitrogens with zero attached hydrogens (tertiary/aromatic N) is 3. The second-order valence-corrected chi connectivity index (χ2v) is 23.9. The number of quaternary nitrogens is 1. The van der Waals surface area contributed by atoms with Crippen molar-refractivity contribution in [1.29, 1.82) is 0 Å². The van der Waals surface area contributed by atoms with E-state index in [4.69, 9.17) is 0 Å². The number of rotatable bonds is 12. The third-order valence-electron chi connectivity index (χ3n) is 17.9. The van der Waals surface area contributed by atoms with Gasteiger partial charge < -0.3 is 15.1 Å². The van der Waals surface area contributed by atoms with Gasteiger partial charge >= 0.3 is 0 Å². The SMILES string of the molecule is Cc1ccc(Nc2ccc3c(c2)C2(c4cc(N(c5ccc(C)cc5)c5ccc(C)cc5)ccc4-3)c3cc(N(c4ccc(C)cc4)c4ccc(C)cc4)ccc3-c3ccc([N+](c4ccc(C)cc4)(c4ccc(C)cc4)c4ccc(C)cc4)cc32)cc1. The average molecular weight is 1100 g/mol. The van der Waals surface area contributed by atoms with Crippen LogP contribution in [-0.2, 0) is 5.41 Å². The van der Waals surface area contributed by atoms with Crippen LogP contribution in [0.2, 0.25) is 0 Å². The first-order valence-electron chi connectivity index (χ1n) is 29.8. The van der Waals surface area contributed by atoms with E-state index in [1.807, 2.05) is 0 Å². The lowest BCUT2D eigenvalue weighted by Gasteiger charge is -2.38. The van der Waals surface area contributed by atoms with Crippen LogP contribution in [0.15, 0.2) is 267 Å². The van der Waals surface area contributed by atoms with Gasteiger partial charge in [0, 0.05) is 94.0 Å². The van der Waals surface area contributed by atoms with Crippen molar-refractivity contribution in [1.82, 2.24) is 4.48 Å². The number of nitrogens with one attached hydrogen (secondary N) is 1. The Morgan fingerprint density at radius 3 is 0.835 bits per heavy atom. The summed E-state index contributed by atoms with van der Waals surface area (Å²) in [6.45, 7) is 17.4. The Kier molecular flexibility index (Phi) is 13.1. The second kappa shape index (κ2) is 21.0. The highest BCUT2D eigenvalue weighted by Gasteiger charge is 2.54. The average Bonchev–Trinajstić information content (AvgIpc) is 1.53. The molecule has 0 radical (unpaired) electrons. The van der Waals surface area contributed by atoms with E-state index in [1.54, 1.807) is 0 Å². The molecule has 0 amide bonds. The van der Waals surface area contributed by atoms with Crippen molar-refractivity contribution in [2.75, 3.05) is 15.1 Å². The lowest BCUT2D eigenvalue weighted by atomic mass is 9.70. The molecular weight excluding hydrogens is 1030 g/mol. The summed E-state index contributed by atoms with van der Waals surface area (Å²) in [5, 5.41) is 3.90. The molecule has 0 heterocycles. The van der Waals surface area contributed by atoms with Crippen molar-refractivity contribution in [3.05, 3.63) is 334 Å². The summed E-state index contributed by atoms with van der Waals surface area (Å²) >= 11 is 0. The van der Waals surface area contributed by atoms with E-state index < -0.39 is 5.41 Å². The minimum absolute atomic E-state index is 0.365. The van der Waals surface area contributed by atoms with Crippen molar-refractivity contribution in [2.24, 2.45) is 0 Å². The molecule has 85 heavy (non-hydrogen) atoms. The van der Waals surface area contributed by atoms with Gasteiger partial charge in [0.1, 0.15) is 22.7 Å². The highest BCUT2D eigenvalue weighted by Crippen LogP contribution is 2.66. The summed E-state index contributed by atoms with van der Waals surface area (Å²) in [5.74, 6) is 0. The fourth-order valence-electron chi connectivity index (χ4n) is 13.4. The summed E-state index contributed by atoms with van der Waals surface area (Å²) in [6, 6.07) is 101. The van der Waals surface area contributed by atoms with E-state index in [9.17, 15) is 0 Å². The molecular formula is C81H69N4+. The van der Waals surface area contributed by atoms with Crippen LogP contribution in [0.4, 0.5) is 68.2 Å². The van der Waals surface area contributed by atoms with Crippen molar-refractivity contribution in [2.45, 2.75) is 60.8 Å². The normalized spacial score (nSPS) is 13.7. The van der Waals surface area contributed by atoms with Crippen molar-refractivity contribution >= 4 is 68.2 Å². The molecule has 0 bridgehead atoms. The van der Waals surface area contributed by atoms with Gasteiger partial charge in [0.15, 0.2) is 0 Å². The van der Waals surface area contributed by atoms with Crippen molar-refractivity contribution < 1.29 is 0 Å². The van der Waals surface area contributed by atoms with Crippen LogP contribution in [0.3, 0.4) is 0 Å². The van der Waals surface area contributed by atoms with Gasteiger partial charge in [-0.05, 0) is 203 Å². The lowest BCUT2D eigenvalue weighted by molar-refractivity contribution is 0.698. The summed E-state index contributed by atoms with van der Waals surface area (Å²) < 4.78 is 0.365. The van der Waals surface area contributed by atoms with Crippen molar-refractivity contribution in [3.63, 3.8) is 0 Å². The smallest absolute Gasteiger partial charge is 0.148 e. The maximum absolute atomic E-state index is 3.90. The van der Waals surface area contributed by atoms with Crippen LogP contribution in [0.1, 0.15) is 66.8 Å². The van der Waals surface area contributed by atoms with Gasteiger partial charge in [0.2, 0.25) is 0 Å². The maximum atomic E-state index is 3.90. The predicted molar refractivity (Wildman–Crippen MR) is 360 cm³/mol. The highest BCUT2D eigenvalue weighted by molar-refractivity contribution is 6.00. The summed E-state index contributed by atoms with van der Waals surface area (Å²) in [7, 11) is 0. The molecule has 1 atom stereocenters. The molecule has 14 rings (SSSR count). The zero-order valence-corrected chi connectivity index (χ0v) is 49.7. The Balaban J connectivity index is 1.12. The quantitative estimate of drug-likeness (QED) is 0.123. The third kappa shape index (κ3) is 9.04. The Labute approximate surface area is 501 Å². The minimum atomic E-state index is -0.843. The van der Waals surface area contributed by atoms with E-state index in [0.717, 1.165) is 68.2 Å². The number of hydrogen-bond acceptors (Lipinski definition) is 3. The van der Waals surface area contributed by atoms with E-state index in [1.165, 1.54) is 89.0 Å². The van der Waals surface area contributed by atoms with Crippen LogP contribution in [0, 0.1) is 55.4 Å². The first kappa shape index (κ1) is 53.0. The van der Waals surface area contributed by atoms with Crippen LogP contribution in [-0.4, -0.2) is 0 Å². The molecule has 2 aliphatic rings. The van der Waals surface area contributed by atoms with E-state index in [2.05, 4.69) is 337 Å². The molecule has 1 unspecified atom stereocenters. The predicted octanol–water partition coefficient (Wildman–Crippen LogP) is 22.5. The van der Waals surface area contributed by atoms with Gasteiger partial charge in [0.25, 0.3) is 0 Å². The largest absolute Gasteiger partial charge is 0.356 e. The van der Waals surface area contributed by atoms with E-state index in [0.29, 0.717) is 4.48 Å². The molecule has 0 aliphatic heterocycles. The monoisotopic (exact) mass is 1100 g/mol. The molecule has 2 aliphatic carbocycles. The standard InChI is InChI=1S/C81H69N4/c1-53-9-25-61(26-10-53)82-62-27-45-73-74-46-36-67(83(63-28-11-54(2)12-29-63)64-30-13-55(3)14-31-64)50-78(74)81(77(73)49-62)79-51-68(84(65-32-15-56(4)16-33-65)66-34-17-57(5)18-35-66)37-47-75(79)76-48-44-72(52-80(76)81)85(69-38-19-58(6)20-39-69,70-40-21-59(7)22-41-70)71-42-23-60(8)24-43-71/h9-52,82H,1-8H3/q+1. The van der Waals surface area contributed by atoms with E-state index >= 15 is 0 Å². The second-order valence-electron chi connectivity index (χ2n) is 23.9. The van der Waals surface area contributed by atoms with Crippen LogP contribution in [0.25, 0.3) is 22.3 Å². The van der Waals surface area contributed by atoms with Gasteiger partial charge in [-0.25, -0.2) is 0 Å². The van der Waals surface area contributed by atoms with Crippen LogP contribution < -0.4 is 19.6 Å². The van der Waals surface area contributed by atoms with Gasteiger partial charge in [-0.15, -0.1) is 0 Å². The zero-order chi connectivity index (χ0) is 58.1.